The molecule has 0 aliphatic heterocycles. The van der Waals surface area contributed by atoms with E-state index in [-0.39, 0.29) is 11.3 Å². The fraction of sp³-hybridized carbons (Fsp3) is 0.500. The standard InChI is InChI=1S/C14H21NO2S/c1-14(2,3)11-6-8-12(9-7-11)18-10-13(16)15(4)17-5/h6-9H,10H2,1-5H3. The van der Waals surface area contributed by atoms with Gasteiger partial charge in [0, 0.05) is 11.9 Å². The summed E-state index contributed by atoms with van der Waals surface area (Å²) in [5, 5.41) is 1.25. The van der Waals surface area contributed by atoms with E-state index >= 15 is 0 Å². The molecule has 0 atom stereocenters. The number of nitrogens with zero attached hydrogens (tertiary/aromatic N) is 1. The van der Waals surface area contributed by atoms with Gasteiger partial charge in [-0.2, -0.15) is 0 Å². The van der Waals surface area contributed by atoms with Crippen molar-refractivity contribution in [2.75, 3.05) is 19.9 Å². The van der Waals surface area contributed by atoms with Crippen LogP contribution in [0.5, 0.6) is 0 Å². The number of thioether (sulfide) groups is 1. The van der Waals surface area contributed by atoms with Crippen molar-refractivity contribution in [2.24, 2.45) is 0 Å². The highest BCUT2D eigenvalue weighted by Gasteiger charge is 2.13. The molecular formula is C14H21NO2S. The van der Waals surface area contributed by atoms with Crippen molar-refractivity contribution in [1.82, 2.24) is 5.06 Å². The molecule has 0 saturated heterocycles. The molecule has 0 aliphatic carbocycles. The second-order valence-electron chi connectivity index (χ2n) is 5.14. The van der Waals surface area contributed by atoms with Crippen LogP contribution < -0.4 is 0 Å². The highest BCUT2D eigenvalue weighted by molar-refractivity contribution is 8.00. The van der Waals surface area contributed by atoms with E-state index in [0.717, 1.165) is 4.90 Å². The van der Waals surface area contributed by atoms with Crippen molar-refractivity contribution in [3.05, 3.63) is 29.8 Å². The Morgan fingerprint density at radius 3 is 2.28 bits per heavy atom. The molecule has 3 nitrogen and oxygen atoms in total. The number of rotatable bonds is 4. The molecule has 0 fully saturated rings. The summed E-state index contributed by atoms with van der Waals surface area (Å²) in [5.74, 6) is 0.349. The number of benzene rings is 1. The summed E-state index contributed by atoms with van der Waals surface area (Å²) >= 11 is 1.52. The summed E-state index contributed by atoms with van der Waals surface area (Å²) in [5.41, 5.74) is 1.46. The average molecular weight is 267 g/mol. The molecule has 0 bridgehead atoms. The van der Waals surface area contributed by atoms with Gasteiger partial charge in [-0.1, -0.05) is 32.9 Å². The molecule has 1 aromatic carbocycles. The number of carbonyl (C=O) groups is 1. The van der Waals surface area contributed by atoms with E-state index in [9.17, 15) is 4.79 Å². The normalized spacial score (nSPS) is 11.4. The van der Waals surface area contributed by atoms with Gasteiger partial charge in [-0.25, -0.2) is 5.06 Å². The zero-order valence-corrected chi connectivity index (χ0v) is 12.5. The average Bonchev–Trinajstić information content (AvgIpc) is 2.34. The molecule has 1 aromatic rings. The minimum absolute atomic E-state index is 0.0394. The third kappa shape index (κ3) is 4.35. The lowest BCUT2D eigenvalue weighted by Gasteiger charge is -2.19. The lowest BCUT2D eigenvalue weighted by atomic mass is 9.87. The smallest absolute Gasteiger partial charge is 0.256 e. The van der Waals surface area contributed by atoms with Gasteiger partial charge in [0.2, 0.25) is 0 Å². The van der Waals surface area contributed by atoms with Crippen molar-refractivity contribution in [3.8, 4) is 0 Å². The molecule has 0 heterocycles. The summed E-state index contributed by atoms with van der Waals surface area (Å²) in [6.07, 6.45) is 0. The number of carbonyl (C=O) groups excluding carboxylic acids is 1. The molecular weight excluding hydrogens is 246 g/mol. The molecule has 18 heavy (non-hydrogen) atoms. The highest BCUT2D eigenvalue weighted by atomic mass is 32.2. The van der Waals surface area contributed by atoms with E-state index < -0.39 is 0 Å². The van der Waals surface area contributed by atoms with Crippen LogP contribution in [0.2, 0.25) is 0 Å². The summed E-state index contributed by atoms with van der Waals surface area (Å²) in [6, 6.07) is 8.36. The molecule has 0 N–H and O–H groups in total. The minimum Gasteiger partial charge on any atom is -0.275 e. The van der Waals surface area contributed by atoms with E-state index in [4.69, 9.17) is 4.84 Å². The topological polar surface area (TPSA) is 29.5 Å². The van der Waals surface area contributed by atoms with Crippen LogP contribution in [0.4, 0.5) is 0 Å². The maximum absolute atomic E-state index is 11.6. The zero-order chi connectivity index (χ0) is 13.8. The highest BCUT2D eigenvalue weighted by Crippen LogP contribution is 2.25. The van der Waals surface area contributed by atoms with Crippen LogP contribution in [0.15, 0.2) is 29.2 Å². The maximum Gasteiger partial charge on any atom is 0.256 e. The van der Waals surface area contributed by atoms with Crippen LogP contribution in [0.3, 0.4) is 0 Å². The molecule has 4 heteroatoms. The lowest BCUT2D eigenvalue weighted by molar-refractivity contribution is -0.165. The fourth-order valence-corrected chi connectivity index (χ4v) is 2.19. The van der Waals surface area contributed by atoms with Gasteiger partial charge in [0.25, 0.3) is 5.91 Å². The first kappa shape index (κ1) is 15.1. The first-order valence-electron chi connectivity index (χ1n) is 5.88. The Labute approximate surface area is 113 Å². The first-order valence-corrected chi connectivity index (χ1v) is 6.87. The molecule has 1 amide bonds. The van der Waals surface area contributed by atoms with Crippen molar-refractivity contribution in [3.63, 3.8) is 0 Å². The molecule has 100 valence electrons. The van der Waals surface area contributed by atoms with Crippen LogP contribution in [0.1, 0.15) is 26.3 Å². The Kier molecular flexibility index (Phi) is 5.23. The van der Waals surface area contributed by atoms with Gasteiger partial charge in [-0.15, -0.1) is 11.8 Å². The van der Waals surface area contributed by atoms with Gasteiger partial charge >= 0.3 is 0 Å². The van der Waals surface area contributed by atoms with Crippen molar-refractivity contribution in [2.45, 2.75) is 31.1 Å². The second-order valence-corrected chi connectivity index (χ2v) is 6.19. The van der Waals surface area contributed by atoms with Crippen LogP contribution in [-0.4, -0.2) is 30.9 Å². The zero-order valence-electron chi connectivity index (χ0n) is 11.7. The summed E-state index contributed by atoms with van der Waals surface area (Å²) in [6.45, 7) is 6.56. The van der Waals surface area contributed by atoms with E-state index in [1.165, 1.54) is 29.5 Å². The van der Waals surface area contributed by atoms with Gasteiger partial charge < -0.3 is 0 Å². The predicted molar refractivity (Wildman–Crippen MR) is 75.6 cm³/mol. The maximum atomic E-state index is 11.6. The molecule has 0 radical (unpaired) electrons. The third-order valence-electron chi connectivity index (χ3n) is 2.71. The van der Waals surface area contributed by atoms with Crippen molar-refractivity contribution >= 4 is 17.7 Å². The Bertz CT molecular complexity index is 395. The third-order valence-corrected chi connectivity index (χ3v) is 3.70. The van der Waals surface area contributed by atoms with Crippen molar-refractivity contribution < 1.29 is 9.63 Å². The molecule has 0 unspecified atom stereocenters. The first-order chi connectivity index (χ1) is 8.34. The number of hydrogen-bond donors (Lipinski definition) is 0. The Morgan fingerprint density at radius 2 is 1.83 bits per heavy atom. The molecule has 0 spiro atoms. The van der Waals surface area contributed by atoms with E-state index in [1.54, 1.807) is 7.05 Å². The van der Waals surface area contributed by atoms with E-state index in [2.05, 4.69) is 45.0 Å². The van der Waals surface area contributed by atoms with Crippen LogP contribution in [0, 0.1) is 0 Å². The number of hydroxylamine groups is 2. The predicted octanol–water partition coefficient (Wildman–Crippen LogP) is 3.10. The Balaban J connectivity index is 2.57. The molecule has 1 rings (SSSR count). The van der Waals surface area contributed by atoms with Gasteiger partial charge in [0.05, 0.1) is 12.9 Å². The SMILES string of the molecule is CON(C)C(=O)CSc1ccc(C(C)(C)C)cc1. The minimum atomic E-state index is -0.0394. The molecule has 0 saturated carbocycles. The Hall–Kier alpha value is -1.00. The van der Waals surface area contributed by atoms with Crippen molar-refractivity contribution in [1.29, 1.82) is 0 Å². The fourth-order valence-electron chi connectivity index (χ4n) is 1.39. The summed E-state index contributed by atoms with van der Waals surface area (Å²) in [4.78, 5) is 17.5. The van der Waals surface area contributed by atoms with E-state index in [0.29, 0.717) is 5.75 Å². The Morgan fingerprint density at radius 1 is 1.28 bits per heavy atom. The van der Waals surface area contributed by atoms with Gasteiger partial charge in [-0.05, 0) is 23.1 Å². The molecule has 0 aromatic heterocycles. The second kappa shape index (κ2) is 6.25. The van der Waals surface area contributed by atoms with Crippen LogP contribution in [-0.2, 0) is 15.0 Å². The van der Waals surface area contributed by atoms with Crippen LogP contribution in [0.25, 0.3) is 0 Å². The van der Waals surface area contributed by atoms with E-state index in [1.807, 2.05) is 0 Å². The van der Waals surface area contributed by atoms with Gasteiger partial charge in [-0.3, -0.25) is 9.63 Å². The monoisotopic (exact) mass is 267 g/mol. The number of hydrogen-bond acceptors (Lipinski definition) is 3. The molecule has 0 aliphatic rings. The quantitative estimate of drug-likeness (QED) is 0.620. The number of amides is 1. The summed E-state index contributed by atoms with van der Waals surface area (Å²) < 4.78 is 0. The largest absolute Gasteiger partial charge is 0.275 e. The van der Waals surface area contributed by atoms with Gasteiger partial charge in [0.15, 0.2) is 0 Å². The van der Waals surface area contributed by atoms with Gasteiger partial charge in [0.1, 0.15) is 0 Å². The lowest BCUT2D eigenvalue weighted by Crippen LogP contribution is -2.26. The van der Waals surface area contributed by atoms with Crippen LogP contribution >= 0.6 is 11.8 Å². The summed E-state index contributed by atoms with van der Waals surface area (Å²) in [7, 11) is 3.10.